The molecule has 0 amide bonds. The molecule has 0 atom stereocenters. The number of hydrogen-bond acceptors (Lipinski definition) is 4. The molecule has 1 aliphatic rings. The highest BCUT2D eigenvalue weighted by atomic mass is 35.5. The van der Waals surface area contributed by atoms with Crippen LogP contribution in [-0.4, -0.2) is 34.6 Å². The zero-order valence-corrected chi connectivity index (χ0v) is 13.5. The zero-order chi connectivity index (χ0) is 15.4. The molecule has 0 unspecified atom stereocenters. The van der Waals surface area contributed by atoms with Crippen LogP contribution in [0.1, 0.15) is 18.1 Å². The summed E-state index contributed by atoms with van der Waals surface area (Å²) in [5.74, 6) is 1.05. The minimum atomic E-state index is 0.364. The normalized spacial score (nSPS) is 15.5. The average Bonchev–Trinajstić information content (AvgIpc) is 2.50. The second kappa shape index (κ2) is 7.07. The van der Waals surface area contributed by atoms with Crippen LogP contribution in [0.15, 0.2) is 36.7 Å². The summed E-state index contributed by atoms with van der Waals surface area (Å²) < 4.78 is 5.63. The first-order chi connectivity index (χ1) is 10.7. The third-order valence-electron chi connectivity index (χ3n) is 3.92. The first-order valence-corrected chi connectivity index (χ1v) is 8.01. The molecule has 2 aromatic rings. The van der Waals surface area contributed by atoms with Gasteiger partial charge in [0.25, 0.3) is 0 Å². The van der Waals surface area contributed by atoms with E-state index in [0.717, 1.165) is 26.1 Å². The third kappa shape index (κ3) is 3.96. The first-order valence-electron chi connectivity index (χ1n) is 7.63. The van der Waals surface area contributed by atoms with E-state index < -0.39 is 0 Å². The molecule has 0 aliphatic carbocycles. The Morgan fingerprint density at radius 2 is 1.91 bits per heavy atom. The molecule has 0 bridgehead atoms. The lowest BCUT2D eigenvalue weighted by Gasteiger charge is -2.39. The van der Waals surface area contributed by atoms with Crippen LogP contribution in [-0.2, 0) is 13.0 Å². The Hall–Kier alpha value is -1.65. The van der Waals surface area contributed by atoms with Gasteiger partial charge in [0.05, 0.1) is 19.0 Å². The molecule has 1 aromatic carbocycles. The van der Waals surface area contributed by atoms with Crippen LogP contribution in [0.3, 0.4) is 0 Å². The predicted octanol–water partition coefficient (Wildman–Crippen LogP) is 3.20. The highest BCUT2D eigenvalue weighted by Crippen LogP contribution is 2.20. The number of halogens is 1. The average molecular weight is 318 g/mol. The van der Waals surface area contributed by atoms with Gasteiger partial charge >= 0.3 is 0 Å². The fraction of sp³-hybridized carbons (Fsp3) is 0.412. The minimum Gasteiger partial charge on any atom is -0.476 e. The van der Waals surface area contributed by atoms with Gasteiger partial charge in [-0.2, -0.15) is 4.98 Å². The van der Waals surface area contributed by atoms with Crippen LogP contribution in [0.4, 0.5) is 0 Å². The van der Waals surface area contributed by atoms with Crippen molar-refractivity contribution in [2.75, 3.05) is 19.7 Å². The predicted molar refractivity (Wildman–Crippen MR) is 87.1 cm³/mol. The SMILES string of the molecule is CCc1ccc(CN2CC(COc3cncc(Cl)n3)C2)cc1. The molecule has 0 saturated carbocycles. The van der Waals surface area contributed by atoms with Gasteiger partial charge < -0.3 is 4.74 Å². The number of aromatic nitrogens is 2. The van der Waals surface area contributed by atoms with Gasteiger partial charge in [0, 0.05) is 25.6 Å². The molecule has 2 heterocycles. The molecule has 1 fully saturated rings. The van der Waals surface area contributed by atoms with Crippen molar-refractivity contribution < 1.29 is 4.74 Å². The Morgan fingerprint density at radius 3 is 2.59 bits per heavy atom. The summed E-state index contributed by atoms with van der Waals surface area (Å²) in [4.78, 5) is 10.5. The molecule has 1 saturated heterocycles. The summed E-state index contributed by atoms with van der Waals surface area (Å²) >= 11 is 5.78. The summed E-state index contributed by atoms with van der Waals surface area (Å²) in [6, 6.07) is 8.88. The van der Waals surface area contributed by atoms with Crippen molar-refractivity contribution in [1.82, 2.24) is 14.9 Å². The Kier molecular flexibility index (Phi) is 4.90. The zero-order valence-electron chi connectivity index (χ0n) is 12.7. The van der Waals surface area contributed by atoms with Crippen LogP contribution < -0.4 is 4.74 Å². The van der Waals surface area contributed by atoms with Crippen molar-refractivity contribution in [3.8, 4) is 5.88 Å². The Bertz CT molecular complexity index is 612. The number of benzene rings is 1. The summed E-state index contributed by atoms with van der Waals surface area (Å²) in [6.45, 7) is 5.98. The van der Waals surface area contributed by atoms with E-state index in [1.165, 1.54) is 17.3 Å². The second-order valence-corrected chi connectivity index (χ2v) is 6.11. The van der Waals surface area contributed by atoms with Gasteiger partial charge in [0.15, 0.2) is 5.15 Å². The maximum Gasteiger partial charge on any atom is 0.233 e. The van der Waals surface area contributed by atoms with Gasteiger partial charge in [-0.25, -0.2) is 0 Å². The number of aryl methyl sites for hydroxylation is 1. The Morgan fingerprint density at radius 1 is 1.18 bits per heavy atom. The molecule has 5 heteroatoms. The van der Waals surface area contributed by atoms with Crippen molar-refractivity contribution in [2.24, 2.45) is 5.92 Å². The van der Waals surface area contributed by atoms with E-state index in [-0.39, 0.29) is 0 Å². The molecular weight excluding hydrogens is 298 g/mol. The molecular formula is C17H20ClN3O. The maximum absolute atomic E-state index is 5.78. The standard InChI is InChI=1S/C17H20ClN3O/c1-2-13-3-5-14(6-4-13)9-21-10-15(11-21)12-22-17-8-19-7-16(18)20-17/h3-8,15H,2,9-12H2,1H3. The lowest BCUT2D eigenvalue weighted by atomic mass is 10.00. The van der Waals surface area contributed by atoms with Crippen molar-refractivity contribution in [1.29, 1.82) is 0 Å². The van der Waals surface area contributed by atoms with Crippen LogP contribution in [0.25, 0.3) is 0 Å². The minimum absolute atomic E-state index is 0.364. The van der Waals surface area contributed by atoms with Crippen LogP contribution in [0.2, 0.25) is 5.15 Å². The van der Waals surface area contributed by atoms with Gasteiger partial charge in [-0.1, -0.05) is 42.8 Å². The highest BCUT2D eigenvalue weighted by molar-refractivity contribution is 6.29. The largest absolute Gasteiger partial charge is 0.476 e. The van der Waals surface area contributed by atoms with Gasteiger partial charge in [0.2, 0.25) is 5.88 Å². The molecule has 1 aromatic heterocycles. The molecule has 22 heavy (non-hydrogen) atoms. The summed E-state index contributed by atoms with van der Waals surface area (Å²) in [5, 5.41) is 0.364. The van der Waals surface area contributed by atoms with Crippen LogP contribution >= 0.6 is 11.6 Å². The topological polar surface area (TPSA) is 38.2 Å². The van der Waals surface area contributed by atoms with E-state index >= 15 is 0 Å². The Balaban J connectivity index is 1.40. The van der Waals surface area contributed by atoms with E-state index in [1.807, 2.05) is 0 Å². The van der Waals surface area contributed by atoms with E-state index in [0.29, 0.717) is 23.6 Å². The smallest absolute Gasteiger partial charge is 0.233 e. The van der Waals surface area contributed by atoms with E-state index in [1.54, 1.807) is 6.20 Å². The van der Waals surface area contributed by atoms with Gasteiger partial charge in [-0.3, -0.25) is 9.88 Å². The molecule has 0 N–H and O–H groups in total. The highest BCUT2D eigenvalue weighted by Gasteiger charge is 2.27. The van der Waals surface area contributed by atoms with Gasteiger partial charge in [-0.05, 0) is 17.5 Å². The summed E-state index contributed by atoms with van der Waals surface area (Å²) in [7, 11) is 0. The second-order valence-electron chi connectivity index (χ2n) is 5.72. The molecule has 3 rings (SSSR count). The van der Waals surface area contributed by atoms with E-state index in [4.69, 9.17) is 16.3 Å². The van der Waals surface area contributed by atoms with Gasteiger partial charge in [-0.15, -0.1) is 0 Å². The molecule has 0 radical (unpaired) electrons. The van der Waals surface area contributed by atoms with Crippen LogP contribution in [0.5, 0.6) is 5.88 Å². The number of rotatable bonds is 6. The first kappa shape index (κ1) is 15.3. The number of nitrogens with zero attached hydrogens (tertiary/aromatic N) is 3. The van der Waals surface area contributed by atoms with Crippen molar-refractivity contribution in [2.45, 2.75) is 19.9 Å². The van der Waals surface area contributed by atoms with E-state index in [2.05, 4.69) is 46.1 Å². The molecule has 116 valence electrons. The van der Waals surface area contributed by atoms with Gasteiger partial charge in [0.1, 0.15) is 0 Å². The monoisotopic (exact) mass is 317 g/mol. The fourth-order valence-electron chi connectivity index (χ4n) is 2.65. The molecule has 1 aliphatic heterocycles. The third-order valence-corrected chi connectivity index (χ3v) is 4.10. The van der Waals surface area contributed by atoms with Crippen molar-refractivity contribution in [3.63, 3.8) is 0 Å². The summed E-state index contributed by atoms with van der Waals surface area (Å²) in [6.07, 6.45) is 4.19. The van der Waals surface area contributed by atoms with E-state index in [9.17, 15) is 0 Å². The molecule has 4 nitrogen and oxygen atoms in total. The van der Waals surface area contributed by atoms with Crippen LogP contribution in [0, 0.1) is 5.92 Å². The summed E-state index contributed by atoms with van der Waals surface area (Å²) in [5.41, 5.74) is 2.76. The fourth-order valence-corrected chi connectivity index (χ4v) is 2.79. The lowest BCUT2D eigenvalue weighted by molar-refractivity contribution is 0.0543. The maximum atomic E-state index is 5.78. The lowest BCUT2D eigenvalue weighted by Crippen LogP contribution is -2.48. The number of ether oxygens (including phenoxy) is 1. The quantitative estimate of drug-likeness (QED) is 0.820. The number of hydrogen-bond donors (Lipinski definition) is 0. The molecule has 0 spiro atoms. The Labute approximate surface area is 136 Å². The van der Waals surface area contributed by atoms with Crippen molar-refractivity contribution >= 4 is 11.6 Å². The van der Waals surface area contributed by atoms with Crippen molar-refractivity contribution in [3.05, 3.63) is 52.9 Å². The number of likely N-dealkylation sites (tertiary alicyclic amines) is 1.